The molecule has 8 heteroatoms. The standard InChI is InChI=1S/C38H47N3O2P2.4C2H6.H2O/c1-4-33-32(26-42)37(29-15-18-34(44)35(45)25-29)41(36(39-33)27-43-3)22-10-6-9-21-40-23-19-38(20-24-40,30-11-7-5-8-12-30)31-16-13-28(2)14-17-31;4*1-2;/h4-5,7-8,11-18,25-26,37H,1,6,9-10,19-24,27,44-45H2,2-3H3;4*1-2H3;1H2. The highest BCUT2D eigenvalue weighted by molar-refractivity contribution is 7.35. The lowest BCUT2D eigenvalue weighted by molar-refractivity contribution is -0.105. The van der Waals surface area contributed by atoms with E-state index in [1.807, 2.05) is 55.4 Å². The third-order valence-electron chi connectivity index (χ3n) is 9.52. The summed E-state index contributed by atoms with van der Waals surface area (Å²) in [5.41, 5.74) is 6.60. The Morgan fingerprint density at radius 2 is 1.39 bits per heavy atom. The molecule has 2 aliphatic rings. The van der Waals surface area contributed by atoms with Crippen molar-refractivity contribution in [1.82, 2.24) is 9.80 Å². The molecule has 0 aliphatic carbocycles. The minimum atomic E-state index is -0.224. The van der Waals surface area contributed by atoms with Crippen molar-refractivity contribution in [3.8, 4) is 0 Å². The van der Waals surface area contributed by atoms with E-state index < -0.39 is 0 Å². The molecule has 5 rings (SSSR count). The highest BCUT2D eigenvalue weighted by atomic mass is 31.0. The largest absolute Gasteiger partial charge is 0.412 e. The summed E-state index contributed by atoms with van der Waals surface area (Å²) >= 11 is 0. The second-order valence-corrected chi connectivity index (χ2v) is 13.6. The number of carbonyl (C=O) groups excluding carboxylic acids is 1. The van der Waals surface area contributed by atoms with Gasteiger partial charge in [0.15, 0.2) is 6.29 Å². The monoisotopic (exact) mass is 778 g/mol. The maximum absolute atomic E-state index is 12.4. The van der Waals surface area contributed by atoms with E-state index in [9.17, 15) is 4.79 Å². The van der Waals surface area contributed by atoms with Gasteiger partial charge in [-0.2, -0.15) is 0 Å². The zero-order valence-corrected chi connectivity index (χ0v) is 37.6. The van der Waals surface area contributed by atoms with Crippen LogP contribution in [0.4, 0.5) is 0 Å². The quantitative estimate of drug-likeness (QED) is 0.0985. The number of likely N-dealkylation sites (tertiary alicyclic amines) is 1. The van der Waals surface area contributed by atoms with Crippen LogP contribution in [0, 0.1) is 6.92 Å². The summed E-state index contributed by atoms with van der Waals surface area (Å²) in [6.45, 7) is 26.6. The molecule has 3 aromatic carbocycles. The van der Waals surface area contributed by atoms with Gasteiger partial charge in [0.2, 0.25) is 0 Å². The molecule has 1 fully saturated rings. The average molecular weight is 778 g/mol. The van der Waals surface area contributed by atoms with Crippen LogP contribution in [-0.2, 0) is 14.9 Å². The Morgan fingerprint density at radius 1 is 0.815 bits per heavy atom. The molecule has 2 heterocycles. The van der Waals surface area contributed by atoms with Crippen molar-refractivity contribution in [2.24, 2.45) is 4.99 Å². The topological polar surface area (TPSA) is 76.6 Å². The predicted molar refractivity (Wildman–Crippen MR) is 244 cm³/mol. The number of benzene rings is 3. The number of amidine groups is 1. The second-order valence-electron chi connectivity index (χ2n) is 12.3. The van der Waals surface area contributed by atoms with Gasteiger partial charge in [-0.25, -0.2) is 4.99 Å². The Balaban J connectivity index is 0.00000293. The van der Waals surface area contributed by atoms with Crippen LogP contribution in [0.15, 0.2) is 102 Å². The summed E-state index contributed by atoms with van der Waals surface area (Å²) in [5.74, 6) is 0.840. The molecule has 2 N–H and O–H groups in total. The van der Waals surface area contributed by atoms with Gasteiger partial charge in [-0.05, 0) is 91.7 Å². The van der Waals surface area contributed by atoms with E-state index in [0.29, 0.717) is 17.9 Å². The highest BCUT2D eigenvalue weighted by Gasteiger charge is 2.37. The van der Waals surface area contributed by atoms with E-state index in [0.717, 1.165) is 86.6 Å². The van der Waals surface area contributed by atoms with E-state index >= 15 is 0 Å². The number of rotatable bonds is 13. The Bertz CT molecular complexity index is 1530. The zero-order valence-electron chi connectivity index (χ0n) is 35.3. The minimum absolute atomic E-state index is 0. The number of piperidine rings is 1. The summed E-state index contributed by atoms with van der Waals surface area (Å²) < 4.78 is 5.56. The number of nitrogens with zero attached hydrogens (tertiary/aromatic N) is 3. The van der Waals surface area contributed by atoms with Crippen LogP contribution in [0.5, 0.6) is 0 Å². The van der Waals surface area contributed by atoms with Crippen LogP contribution in [0.25, 0.3) is 0 Å². The zero-order chi connectivity index (χ0) is 39.8. The second kappa shape index (κ2) is 28.4. The number of aryl methyl sites for hydroxylation is 1. The van der Waals surface area contributed by atoms with Crippen LogP contribution in [0.2, 0.25) is 0 Å². The maximum atomic E-state index is 12.4. The number of aliphatic imine (C=N–C) groups is 1. The molecule has 1 saturated heterocycles. The van der Waals surface area contributed by atoms with Gasteiger partial charge in [0.05, 0.1) is 11.7 Å². The summed E-state index contributed by atoms with van der Waals surface area (Å²) in [6.07, 6.45) is 8.15. The Hall–Kier alpha value is -2.98. The predicted octanol–water partition coefficient (Wildman–Crippen LogP) is 9.57. The molecule has 0 bridgehead atoms. The Kier molecular flexibility index (Phi) is 26.9. The third kappa shape index (κ3) is 13.6. The number of ether oxygens (including phenoxy) is 1. The summed E-state index contributed by atoms with van der Waals surface area (Å²) in [7, 11) is 7.26. The fourth-order valence-corrected chi connectivity index (χ4v) is 7.43. The lowest BCUT2D eigenvalue weighted by Gasteiger charge is -2.43. The number of hydrogen-bond acceptors (Lipinski definition) is 5. The van der Waals surface area contributed by atoms with E-state index in [4.69, 9.17) is 9.73 Å². The molecule has 3 unspecified atom stereocenters. The fourth-order valence-electron chi connectivity index (χ4n) is 6.96. The van der Waals surface area contributed by atoms with Crippen LogP contribution in [0.1, 0.15) is 116 Å². The SMILES string of the molecule is C=CC1=C(C=O)C(c2ccc(P)c(P)c2)N(CCCCCN2CCC(c3ccccc3)(c3ccc(C)cc3)CC2)C(COC)=N1.CC.CC.CC.CC.O. The molecular formula is C46H73N3O3P2. The van der Waals surface area contributed by atoms with Crippen molar-refractivity contribution in [1.29, 1.82) is 0 Å². The summed E-state index contributed by atoms with van der Waals surface area (Å²) in [5, 5.41) is 2.22. The molecule has 0 radical (unpaired) electrons. The average Bonchev–Trinajstić information content (AvgIpc) is 3.23. The molecule has 54 heavy (non-hydrogen) atoms. The molecule has 0 aromatic heterocycles. The van der Waals surface area contributed by atoms with Gasteiger partial charge >= 0.3 is 0 Å². The first-order valence-corrected chi connectivity index (χ1v) is 21.2. The lowest BCUT2D eigenvalue weighted by Crippen LogP contribution is -2.43. The Morgan fingerprint density at radius 3 is 1.93 bits per heavy atom. The van der Waals surface area contributed by atoms with Crippen molar-refractivity contribution in [2.75, 3.05) is 39.9 Å². The van der Waals surface area contributed by atoms with Gasteiger partial charge in [0.1, 0.15) is 12.4 Å². The summed E-state index contributed by atoms with van der Waals surface area (Å²) in [4.78, 5) is 22.1. The smallest absolute Gasteiger partial charge is 0.150 e. The van der Waals surface area contributed by atoms with E-state index in [1.54, 1.807) is 13.2 Å². The first-order chi connectivity index (χ1) is 25.9. The van der Waals surface area contributed by atoms with Gasteiger partial charge in [-0.15, -0.1) is 18.5 Å². The van der Waals surface area contributed by atoms with Crippen molar-refractivity contribution in [3.63, 3.8) is 0 Å². The number of carbonyl (C=O) groups is 1. The highest BCUT2D eigenvalue weighted by Crippen LogP contribution is 2.42. The maximum Gasteiger partial charge on any atom is 0.150 e. The van der Waals surface area contributed by atoms with Gasteiger partial charge in [0, 0.05) is 24.6 Å². The normalized spacial score (nSPS) is 15.9. The first kappa shape index (κ1) is 51.0. The van der Waals surface area contributed by atoms with Crippen molar-refractivity contribution < 1.29 is 15.0 Å². The first-order valence-electron chi connectivity index (χ1n) is 20.0. The molecule has 2 aliphatic heterocycles. The molecule has 3 aromatic rings. The fraction of sp³-hybridized carbons (Fsp3) is 0.478. The number of aldehydes is 1. The van der Waals surface area contributed by atoms with Crippen molar-refractivity contribution >= 4 is 41.2 Å². The number of allylic oxidation sites excluding steroid dienone is 1. The van der Waals surface area contributed by atoms with E-state index in [2.05, 4.69) is 115 Å². The van der Waals surface area contributed by atoms with Crippen molar-refractivity contribution in [2.45, 2.75) is 106 Å². The molecule has 300 valence electrons. The Labute approximate surface area is 334 Å². The van der Waals surface area contributed by atoms with Crippen LogP contribution < -0.4 is 10.6 Å². The molecule has 6 nitrogen and oxygen atoms in total. The molecular weight excluding hydrogens is 704 g/mol. The van der Waals surface area contributed by atoms with Gasteiger partial charge < -0.3 is 20.0 Å². The minimum Gasteiger partial charge on any atom is -0.412 e. The van der Waals surface area contributed by atoms with Crippen molar-refractivity contribution in [3.05, 3.63) is 119 Å². The lowest BCUT2D eigenvalue weighted by atomic mass is 9.68. The van der Waals surface area contributed by atoms with Gasteiger partial charge in [-0.1, -0.05) is 141 Å². The molecule has 3 atom stereocenters. The third-order valence-corrected chi connectivity index (χ3v) is 10.9. The molecule has 0 spiro atoms. The summed E-state index contributed by atoms with van der Waals surface area (Å²) in [6, 6.07) is 26.4. The van der Waals surface area contributed by atoms with E-state index in [1.165, 1.54) is 16.7 Å². The molecule has 0 saturated carbocycles. The van der Waals surface area contributed by atoms with Gasteiger partial charge in [0.25, 0.3) is 0 Å². The van der Waals surface area contributed by atoms with Crippen LogP contribution >= 0.6 is 18.5 Å². The molecule has 0 amide bonds. The van der Waals surface area contributed by atoms with Gasteiger partial charge in [-0.3, -0.25) is 4.79 Å². The number of unbranched alkanes of at least 4 members (excludes halogenated alkanes) is 2. The van der Waals surface area contributed by atoms with E-state index in [-0.39, 0.29) is 16.9 Å². The number of hydrogen-bond donors (Lipinski definition) is 0. The van der Waals surface area contributed by atoms with Crippen LogP contribution in [0.3, 0.4) is 0 Å². The number of methoxy groups -OCH3 is 1. The van der Waals surface area contributed by atoms with Crippen LogP contribution in [-0.4, -0.2) is 67.3 Å².